The second-order valence-corrected chi connectivity index (χ2v) is 9.06. The molecule has 0 heterocycles. The Kier molecular flexibility index (Phi) is 5.13. The highest BCUT2D eigenvalue weighted by Gasteiger charge is 2.51. The number of hydrogen-bond acceptors (Lipinski definition) is 4. The molecule has 0 radical (unpaired) electrons. The van der Waals surface area contributed by atoms with E-state index in [1.807, 2.05) is 0 Å². The summed E-state index contributed by atoms with van der Waals surface area (Å²) in [7, 11) is 0. The number of benzene rings is 1. The van der Waals surface area contributed by atoms with E-state index in [-0.39, 0.29) is 23.7 Å². The Bertz CT molecular complexity index is 753. The highest BCUT2D eigenvalue weighted by atomic mass is 16.5. The number of carbonyl (C=O) groups is 3. The number of Topliss-reactive ketones (excluding diaryl/α,β-unsaturated/α-hetero) is 1. The second-order valence-electron chi connectivity index (χ2n) is 9.06. The van der Waals surface area contributed by atoms with E-state index in [2.05, 4.69) is 10.9 Å². The molecule has 6 heteroatoms. The Morgan fingerprint density at radius 2 is 1.61 bits per heavy atom. The molecule has 4 aliphatic rings. The number of amides is 2. The molecule has 1 aromatic rings. The third-order valence-corrected chi connectivity index (χ3v) is 6.65. The first-order chi connectivity index (χ1) is 13.4. The summed E-state index contributed by atoms with van der Waals surface area (Å²) in [6.45, 7) is 1.25. The van der Waals surface area contributed by atoms with Gasteiger partial charge in [0.05, 0.1) is 0 Å². The minimum atomic E-state index is -0.424. The number of nitrogens with one attached hydrogen (secondary N) is 2. The van der Waals surface area contributed by atoms with Gasteiger partial charge in [-0.25, -0.2) is 0 Å². The predicted molar refractivity (Wildman–Crippen MR) is 103 cm³/mol. The average Bonchev–Trinajstić information content (AvgIpc) is 2.63. The minimum absolute atomic E-state index is 0.0631. The van der Waals surface area contributed by atoms with Crippen molar-refractivity contribution in [3.63, 3.8) is 0 Å². The maximum atomic E-state index is 12.4. The molecule has 28 heavy (non-hydrogen) atoms. The first-order valence-corrected chi connectivity index (χ1v) is 10.2. The molecular formula is C22H28N2O4. The summed E-state index contributed by atoms with van der Waals surface area (Å²) in [5, 5.41) is 0. The monoisotopic (exact) mass is 384 g/mol. The van der Waals surface area contributed by atoms with Crippen LogP contribution in [-0.2, 0) is 9.59 Å². The van der Waals surface area contributed by atoms with Gasteiger partial charge in [0, 0.05) is 12.0 Å². The Labute approximate surface area is 165 Å². The SMILES string of the molecule is CC(=O)c1cccc(OCC(=O)NNC(=O)CC23CC4CC(CC(C4)C2)C3)c1. The average molecular weight is 384 g/mol. The predicted octanol–water partition coefficient (Wildman–Crippen LogP) is 3.02. The molecule has 6 nitrogen and oxygen atoms in total. The van der Waals surface area contributed by atoms with E-state index in [1.54, 1.807) is 24.3 Å². The summed E-state index contributed by atoms with van der Waals surface area (Å²) in [4.78, 5) is 35.8. The van der Waals surface area contributed by atoms with Crippen LogP contribution in [0.4, 0.5) is 0 Å². The van der Waals surface area contributed by atoms with E-state index in [1.165, 1.54) is 26.2 Å². The van der Waals surface area contributed by atoms with Crippen LogP contribution in [0.15, 0.2) is 24.3 Å². The molecule has 0 aliphatic heterocycles. The van der Waals surface area contributed by atoms with Crippen LogP contribution >= 0.6 is 0 Å². The van der Waals surface area contributed by atoms with Crippen LogP contribution in [0.2, 0.25) is 0 Å². The van der Waals surface area contributed by atoms with Gasteiger partial charge in [-0.3, -0.25) is 25.2 Å². The molecule has 4 fully saturated rings. The van der Waals surface area contributed by atoms with Gasteiger partial charge in [-0.15, -0.1) is 0 Å². The summed E-state index contributed by atoms with van der Waals surface area (Å²) in [6, 6.07) is 6.68. The summed E-state index contributed by atoms with van der Waals surface area (Å²) >= 11 is 0. The third-order valence-electron chi connectivity index (χ3n) is 6.65. The van der Waals surface area contributed by atoms with Crippen LogP contribution in [0.1, 0.15) is 62.2 Å². The molecule has 4 bridgehead atoms. The van der Waals surface area contributed by atoms with Gasteiger partial charge in [-0.2, -0.15) is 0 Å². The van der Waals surface area contributed by atoms with Gasteiger partial charge < -0.3 is 4.74 Å². The lowest BCUT2D eigenvalue weighted by atomic mass is 9.49. The van der Waals surface area contributed by atoms with Crippen LogP contribution < -0.4 is 15.6 Å². The van der Waals surface area contributed by atoms with Gasteiger partial charge in [-0.05, 0) is 80.8 Å². The largest absolute Gasteiger partial charge is 0.484 e. The van der Waals surface area contributed by atoms with E-state index in [4.69, 9.17) is 4.74 Å². The summed E-state index contributed by atoms with van der Waals surface area (Å²) in [5.74, 6) is 2.24. The molecule has 5 rings (SSSR count). The van der Waals surface area contributed by atoms with E-state index >= 15 is 0 Å². The lowest BCUT2D eigenvalue weighted by Gasteiger charge is -2.56. The summed E-state index contributed by atoms with van der Waals surface area (Å²) < 4.78 is 5.41. The second kappa shape index (κ2) is 7.57. The van der Waals surface area contributed by atoms with Crippen molar-refractivity contribution >= 4 is 17.6 Å². The molecule has 0 aromatic heterocycles. The number of hydrazine groups is 1. The molecule has 4 saturated carbocycles. The number of ketones is 1. The maximum absolute atomic E-state index is 12.4. The van der Waals surface area contributed by atoms with Crippen molar-refractivity contribution in [3.05, 3.63) is 29.8 Å². The standard InChI is InChI=1S/C22H28N2O4/c1-14(25)18-3-2-4-19(8-18)28-13-21(27)24-23-20(26)12-22-9-15-5-16(10-22)7-17(6-15)11-22/h2-4,8,15-17H,5-7,9-13H2,1H3,(H,23,26)(H,24,27). The van der Waals surface area contributed by atoms with Gasteiger partial charge >= 0.3 is 0 Å². The normalized spacial score (nSPS) is 30.0. The molecule has 1 aromatic carbocycles. The topological polar surface area (TPSA) is 84.5 Å². The third kappa shape index (κ3) is 4.21. The van der Waals surface area contributed by atoms with Crippen molar-refractivity contribution in [1.29, 1.82) is 0 Å². The zero-order valence-corrected chi connectivity index (χ0v) is 16.3. The fourth-order valence-corrected chi connectivity index (χ4v) is 6.02. The first-order valence-electron chi connectivity index (χ1n) is 10.2. The summed E-state index contributed by atoms with van der Waals surface area (Å²) in [6.07, 6.45) is 8.03. The van der Waals surface area contributed by atoms with Crippen molar-refractivity contribution in [1.82, 2.24) is 10.9 Å². The maximum Gasteiger partial charge on any atom is 0.276 e. The molecule has 0 spiro atoms. The van der Waals surface area contributed by atoms with Crippen LogP contribution in [0, 0.1) is 23.2 Å². The van der Waals surface area contributed by atoms with E-state index in [9.17, 15) is 14.4 Å². The molecule has 0 unspecified atom stereocenters. The highest BCUT2D eigenvalue weighted by molar-refractivity contribution is 5.94. The number of hydrogen-bond donors (Lipinski definition) is 2. The molecule has 0 saturated heterocycles. The van der Waals surface area contributed by atoms with Crippen molar-refractivity contribution < 1.29 is 19.1 Å². The van der Waals surface area contributed by atoms with Gasteiger partial charge in [0.25, 0.3) is 5.91 Å². The Morgan fingerprint density at radius 1 is 1.00 bits per heavy atom. The molecule has 4 aliphatic carbocycles. The van der Waals surface area contributed by atoms with Gasteiger partial charge in [-0.1, -0.05) is 12.1 Å². The lowest BCUT2D eigenvalue weighted by molar-refractivity contribution is -0.134. The van der Waals surface area contributed by atoms with Gasteiger partial charge in [0.1, 0.15) is 5.75 Å². The van der Waals surface area contributed by atoms with Crippen molar-refractivity contribution in [2.75, 3.05) is 6.61 Å². The molecule has 2 amide bonds. The van der Waals surface area contributed by atoms with Crippen molar-refractivity contribution in [2.24, 2.45) is 23.2 Å². The molecular weight excluding hydrogens is 356 g/mol. The fraction of sp³-hybridized carbons (Fsp3) is 0.591. The van der Waals surface area contributed by atoms with Crippen molar-refractivity contribution in [2.45, 2.75) is 51.9 Å². The Hall–Kier alpha value is -2.37. The Balaban J connectivity index is 1.22. The summed E-state index contributed by atoms with van der Waals surface area (Å²) in [5.41, 5.74) is 5.67. The smallest absolute Gasteiger partial charge is 0.276 e. The minimum Gasteiger partial charge on any atom is -0.484 e. The fourth-order valence-electron chi connectivity index (χ4n) is 6.02. The zero-order chi connectivity index (χ0) is 19.7. The quantitative estimate of drug-likeness (QED) is 0.583. The van der Waals surface area contributed by atoms with Crippen LogP contribution in [0.5, 0.6) is 5.75 Å². The number of carbonyl (C=O) groups excluding carboxylic acids is 3. The highest BCUT2D eigenvalue weighted by Crippen LogP contribution is 2.61. The number of ether oxygens (including phenoxy) is 1. The van der Waals surface area contributed by atoms with Gasteiger partial charge in [0.2, 0.25) is 5.91 Å². The first kappa shape index (κ1) is 19.0. The number of rotatable bonds is 6. The van der Waals surface area contributed by atoms with E-state index in [0.717, 1.165) is 37.0 Å². The lowest BCUT2D eigenvalue weighted by Crippen LogP contribution is -2.50. The van der Waals surface area contributed by atoms with Gasteiger partial charge in [0.15, 0.2) is 12.4 Å². The molecule has 2 N–H and O–H groups in total. The van der Waals surface area contributed by atoms with E-state index in [0.29, 0.717) is 17.7 Å². The molecule has 0 atom stereocenters. The van der Waals surface area contributed by atoms with Crippen LogP contribution in [-0.4, -0.2) is 24.2 Å². The van der Waals surface area contributed by atoms with Crippen LogP contribution in [0.3, 0.4) is 0 Å². The van der Waals surface area contributed by atoms with Crippen molar-refractivity contribution in [3.8, 4) is 5.75 Å². The molecule has 150 valence electrons. The Morgan fingerprint density at radius 3 is 2.21 bits per heavy atom. The van der Waals surface area contributed by atoms with E-state index < -0.39 is 5.91 Å². The van der Waals surface area contributed by atoms with Crippen LogP contribution in [0.25, 0.3) is 0 Å². The zero-order valence-electron chi connectivity index (χ0n) is 16.3.